The van der Waals surface area contributed by atoms with Gasteiger partial charge < -0.3 is 4.57 Å². The number of hydrogen-bond donors (Lipinski definition) is 0. The van der Waals surface area contributed by atoms with Crippen molar-refractivity contribution in [1.29, 1.82) is 0 Å². The first-order valence-electron chi connectivity index (χ1n) is 6.58. The summed E-state index contributed by atoms with van der Waals surface area (Å²) in [5, 5.41) is 0. The van der Waals surface area contributed by atoms with Gasteiger partial charge in [0.2, 0.25) is 0 Å². The Hall–Kier alpha value is -1.94. The fourth-order valence-corrected chi connectivity index (χ4v) is 2.73. The summed E-state index contributed by atoms with van der Waals surface area (Å²) in [6.07, 6.45) is 0. The van der Waals surface area contributed by atoms with Crippen molar-refractivity contribution in [2.45, 2.75) is 18.8 Å². The summed E-state index contributed by atoms with van der Waals surface area (Å²) in [7, 11) is 0. The molecule has 5 heteroatoms. The molecular weight excluding hydrogens is 294 g/mol. The van der Waals surface area contributed by atoms with Crippen LogP contribution in [0.2, 0.25) is 0 Å². The van der Waals surface area contributed by atoms with Crippen molar-refractivity contribution in [3.8, 4) is 0 Å². The molecule has 0 spiro atoms. The van der Waals surface area contributed by atoms with Crippen molar-refractivity contribution in [3.63, 3.8) is 0 Å². The zero-order valence-electron chi connectivity index (χ0n) is 11.4. The molecule has 2 aromatic carbocycles. The standard InChI is InChI=1S/C16H13ClF2N2/c1-10(11-2-4-12(18)5-3-11)21-15-7-6-13(19)8-14(15)20-16(21)9-17/h2-8,10H,9H2,1H3. The molecule has 3 rings (SSSR count). The van der Waals surface area contributed by atoms with Crippen LogP contribution >= 0.6 is 11.6 Å². The van der Waals surface area contributed by atoms with Crippen molar-refractivity contribution >= 4 is 22.6 Å². The summed E-state index contributed by atoms with van der Waals surface area (Å²) >= 11 is 5.96. The van der Waals surface area contributed by atoms with Crippen molar-refractivity contribution in [2.75, 3.05) is 0 Å². The Balaban J connectivity index is 2.16. The van der Waals surface area contributed by atoms with E-state index in [1.165, 1.54) is 24.3 Å². The van der Waals surface area contributed by atoms with Crippen LogP contribution in [0.15, 0.2) is 42.5 Å². The maximum atomic E-state index is 13.3. The Labute approximate surface area is 126 Å². The monoisotopic (exact) mass is 306 g/mol. The number of aromatic nitrogens is 2. The molecule has 1 unspecified atom stereocenters. The summed E-state index contributed by atoms with van der Waals surface area (Å²) in [5.41, 5.74) is 2.31. The van der Waals surface area contributed by atoms with E-state index < -0.39 is 0 Å². The highest BCUT2D eigenvalue weighted by atomic mass is 35.5. The number of benzene rings is 2. The van der Waals surface area contributed by atoms with Gasteiger partial charge in [0, 0.05) is 6.07 Å². The molecule has 0 bridgehead atoms. The fourth-order valence-electron chi connectivity index (χ4n) is 2.54. The van der Waals surface area contributed by atoms with Gasteiger partial charge >= 0.3 is 0 Å². The predicted molar refractivity (Wildman–Crippen MR) is 79.5 cm³/mol. The van der Waals surface area contributed by atoms with E-state index in [1.807, 2.05) is 11.5 Å². The SMILES string of the molecule is CC(c1ccc(F)cc1)n1c(CCl)nc2cc(F)ccc21. The smallest absolute Gasteiger partial charge is 0.125 e. The highest BCUT2D eigenvalue weighted by Crippen LogP contribution is 2.27. The van der Waals surface area contributed by atoms with Crippen LogP contribution < -0.4 is 0 Å². The lowest BCUT2D eigenvalue weighted by Crippen LogP contribution is -2.10. The largest absolute Gasteiger partial charge is 0.320 e. The van der Waals surface area contributed by atoms with Gasteiger partial charge in [0.05, 0.1) is 23.0 Å². The molecule has 0 amide bonds. The van der Waals surface area contributed by atoms with Crippen LogP contribution in [0.3, 0.4) is 0 Å². The average Bonchev–Trinajstić information content (AvgIpc) is 2.84. The van der Waals surface area contributed by atoms with Crippen LogP contribution in [-0.2, 0) is 5.88 Å². The highest BCUT2D eigenvalue weighted by molar-refractivity contribution is 6.16. The normalized spacial score (nSPS) is 12.8. The second kappa shape index (κ2) is 5.45. The van der Waals surface area contributed by atoms with Crippen molar-refractivity contribution in [1.82, 2.24) is 9.55 Å². The molecule has 0 N–H and O–H groups in total. The van der Waals surface area contributed by atoms with Gasteiger partial charge in [0.15, 0.2) is 0 Å². The van der Waals surface area contributed by atoms with E-state index in [2.05, 4.69) is 4.98 Å². The van der Waals surface area contributed by atoms with E-state index in [1.54, 1.807) is 18.2 Å². The third-order valence-corrected chi connectivity index (χ3v) is 3.82. The molecule has 0 aliphatic carbocycles. The Morgan fingerprint density at radius 2 is 1.76 bits per heavy atom. The second-order valence-electron chi connectivity index (χ2n) is 4.89. The van der Waals surface area contributed by atoms with Crippen LogP contribution in [-0.4, -0.2) is 9.55 Å². The average molecular weight is 307 g/mol. The molecular formula is C16H13ClF2N2. The number of rotatable bonds is 3. The van der Waals surface area contributed by atoms with Gasteiger partial charge in [-0.15, -0.1) is 11.6 Å². The van der Waals surface area contributed by atoms with Gasteiger partial charge in [0.1, 0.15) is 17.5 Å². The summed E-state index contributed by atoms with van der Waals surface area (Å²) in [5.74, 6) is 0.278. The lowest BCUT2D eigenvalue weighted by Gasteiger charge is -2.17. The van der Waals surface area contributed by atoms with Crippen LogP contribution in [0.4, 0.5) is 8.78 Å². The van der Waals surface area contributed by atoms with Crippen molar-refractivity contribution in [2.24, 2.45) is 0 Å². The molecule has 1 atom stereocenters. The first kappa shape index (κ1) is 14.0. The minimum absolute atomic E-state index is 0.0742. The third-order valence-electron chi connectivity index (χ3n) is 3.58. The van der Waals surface area contributed by atoms with Gasteiger partial charge in [0.25, 0.3) is 0 Å². The number of hydrogen-bond acceptors (Lipinski definition) is 1. The fraction of sp³-hybridized carbons (Fsp3) is 0.188. The summed E-state index contributed by atoms with van der Waals surface area (Å²) in [4.78, 5) is 4.37. The molecule has 2 nitrogen and oxygen atoms in total. The lowest BCUT2D eigenvalue weighted by atomic mass is 10.1. The zero-order chi connectivity index (χ0) is 15.0. The van der Waals surface area contributed by atoms with Gasteiger partial charge in [-0.05, 0) is 36.8 Å². The Morgan fingerprint density at radius 3 is 2.43 bits per heavy atom. The maximum absolute atomic E-state index is 13.3. The number of nitrogens with zero attached hydrogens (tertiary/aromatic N) is 2. The Bertz CT molecular complexity index is 781. The molecule has 0 saturated carbocycles. The van der Waals surface area contributed by atoms with Crippen LogP contribution in [0, 0.1) is 11.6 Å². The van der Waals surface area contributed by atoms with Crippen LogP contribution in [0.5, 0.6) is 0 Å². The molecule has 0 saturated heterocycles. The van der Waals surface area contributed by atoms with E-state index in [9.17, 15) is 8.78 Å². The van der Waals surface area contributed by atoms with E-state index in [0.29, 0.717) is 11.3 Å². The number of halogens is 3. The topological polar surface area (TPSA) is 17.8 Å². The van der Waals surface area contributed by atoms with Gasteiger partial charge in [-0.2, -0.15) is 0 Å². The molecule has 1 aromatic heterocycles. The van der Waals surface area contributed by atoms with Crippen LogP contribution in [0.1, 0.15) is 24.4 Å². The van der Waals surface area contributed by atoms with E-state index in [4.69, 9.17) is 11.6 Å². The summed E-state index contributed by atoms with van der Waals surface area (Å²) in [6.45, 7) is 1.98. The molecule has 0 radical (unpaired) electrons. The quantitative estimate of drug-likeness (QED) is 0.643. The molecule has 1 heterocycles. The summed E-state index contributed by atoms with van der Waals surface area (Å²) in [6, 6.07) is 10.7. The Kier molecular flexibility index (Phi) is 3.64. The molecule has 21 heavy (non-hydrogen) atoms. The maximum Gasteiger partial charge on any atom is 0.125 e. The molecule has 0 fully saturated rings. The van der Waals surface area contributed by atoms with Gasteiger partial charge in [-0.1, -0.05) is 12.1 Å². The first-order valence-corrected chi connectivity index (χ1v) is 7.11. The van der Waals surface area contributed by atoms with Gasteiger partial charge in [-0.3, -0.25) is 0 Å². The first-order chi connectivity index (χ1) is 10.1. The highest BCUT2D eigenvalue weighted by Gasteiger charge is 2.17. The molecule has 0 aliphatic heterocycles. The predicted octanol–water partition coefficient (Wildman–Crippen LogP) is 4.66. The minimum atomic E-state index is -0.331. The molecule has 108 valence electrons. The Morgan fingerprint density at radius 1 is 1.10 bits per heavy atom. The minimum Gasteiger partial charge on any atom is -0.320 e. The van der Waals surface area contributed by atoms with E-state index in [-0.39, 0.29) is 23.6 Å². The van der Waals surface area contributed by atoms with Crippen molar-refractivity contribution in [3.05, 3.63) is 65.5 Å². The number of alkyl halides is 1. The van der Waals surface area contributed by atoms with Crippen molar-refractivity contribution < 1.29 is 8.78 Å². The number of imidazole rings is 1. The van der Waals surface area contributed by atoms with E-state index in [0.717, 1.165) is 11.1 Å². The zero-order valence-corrected chi connectivity index (χ0v) is 12.1. The molecule has 0 aliphatic rings. The number of fused-ring (bicyclic) bond motifs is 1. The molecule has 3 aromatic rings. The van der Waals surface area contributed by atoms with Crippen LogP contribution in [0.25, 0.3) is 11.0 Å². The second-order valence-corrected chi connectivity index (χ2v) is 5.16. The third kappa shape index (κ3) is 2.51. The van der Waals surface area contributed by atoms with E-state index >= 15 is 0 Å². The lowest BCUT2D eigenvalue weighted by molar-refractivity contribution is 0.613. The van der Waals surface area contributed by atoms with Gasteiger partial charge in [-0.25, -0.2) is 13.8 Å². The summed E-state index contributed by atoms with van der Waals surface area (Å²) < 4.78 is 28.3.